The molecule has 2 atom stereocenters. The summed E-state index contributed by atoms with van der Waals surface area (Å²) in [6.07, 6.45) is 0.697. The Hall–Kier alpha value is -3.56. The fourth-order valence-electron chi connectivity index (χ4n) is 5.10. The fourth-order valence-corrected chi connectivity index (χ4v) is 7.12. The first-order valence-electron chi connectivity index (χ1n) is 15.0. The van der Waals surface area contributed by atoms with E-state index in [1.807, 2.05) is 85.9 Å². The maximum atomic E-state index is 13.4. The highest BCUT2D eigenvalue weighted by atomic mass is 32.2. The predicted octanol–water partition coefficient (Wildman–Crippen LogP) is 7.41. The normalized spacial score (nSPS) is 12.4. The average Bonchev–Trinajstić information content (AvgIpc) is 3.09. The highest BCUT2D eigenvalue weighted by molar-refractivity contribution is 7.99. The van der Waals surface area contributed by atoms with E-state index in [0.717, 1.165) is 28.1 Å². The van der Waals surface area contributed by atoms with Gasteiger partial charge < -0.3 is 19.8 Å². The minimum absolute atomic E-state index is 0.0517. The summed E-state index contributed by atoms with van der Waals surface area (Å²) in [4.78, 5) is 28.5. The quantitative estimate of drug-likeness (QED) is 0.108. The van der Waals surface area contributed by atoms with Gasteiger partial charge in [0.2, 0.25) is 0 Å². The lowest BCUT2D eigenvalue weighted by Gasteiger charge is -2.22. The summed E-state index contributed by atoms with van der Waals surface area (Å²) in [7, 11) is 3.65. The number of ketones is 2. The van der Waals surface area contributed by atoms with Crippen LogP contribution in [0, 0.1) is 0 Å². The van der Waals surface area contributed by atoms with Crippen LogP contribution in [0.2, 0.25) is 0 Å². The van der Waals surface area contributed by atoms with Crippen LogP contribution < -0.4 is 9.64 Å². The number of anilines is 1. The van der Waals surface area contributed by atoms with Crippen LogP contribution in [-0.2, 0) is 6.54 Å². The molecule has 0 radical (unpaired) electrons. The number of ether oxygens (including phenoxy) is 1. The molecule has 4 rings (SSSR count). The van der Waals surface area contributed by atoms with Crippen molar-refractivity contribution in [2.24, 2.45) is 0 Å². The summed E-state index contributed by atoms with van der Waals surface area (Å²) < 4.78 is 5.28. The van der Waals surface area contributed by atoms with Gasteiger partial charge in [-0.25, -0.2) is 0 Å². The maximum absolute atomic E-state index is 13.4. The molecule has 2 N–H and O–H groups in total. The number of aliphatic hydroxyl groups excluding tert-OH is 2. The van der Waals surface area contributed by atoms with Crippen LogP contribution >= 0.6 is 23.5 Å². The zero-order valence-electron chi connectivity index (χ0n) is 25.8. The molecular formula is C37H41NO5S2. The van der Waals surface area contributed by atoms with Crippen molar-refractivity contribution in [3.05, 3.63) is 131 Å². The minimum atomic E-state index is -0.0669. The summed E-state index contributed by atoms with van der Waals surface area (Å²) in [5, 5.41) is 18.7. The molecule has 0 aliphatic heterocycles. The molecule has 0 aliphatic carbocycles. The topological polar surface area (TPSA) is 87.1 Å². The third-order valence-corrected chi connectivity index (χ3v) is 10.0. The summed E-state index contributed by atoms with van der Waals surface area (Å²) in [5.74, 6) is 2.03. The Morgan fingerprint density at radius 1 is 0.711 bits per heavy atom. The van der Waals surface area contributed by atoms with Crippen molar-refractivity contribution in [2.75, 3.05) is 43.8 Å². The van der Waals surface area contributed by atoms with Gasteiger partial charge in [0.25, 0.3) is 0 Å². The van der Waals surface area contributed by atoms with E-state index >= 15 is 0 Å². The zero-order chi connectivity index (χ0) is 32.0. The van der Waals surface area contributed by atoms with Crippen molar-refractivity contribution < 1.29 is 24.5 Å². The van der Waals surface area contributed by atoms with Gasteiger partial charge in [-0.15, -0.1) is 0 Å². The molecule has 4 aromatic carbocycles. The Morgan fingerprint density at radius 2 is 1.24 bits per heavy atom. The van der Waals surface area contributed by atoms with Gasteiger partial charge in [0.1, 0.15) is 5.75 Å². The lowest BCUT2D eigenvalue weighted by atomic mass is 10.0. The fraction of sp³-hybridized carbons (Fsp3) is 0.297. The molecule has 0 saturated heterocycles. The number of methoxy groups -OCH3 is 1. The van der Waals surface area contributed by atoms with E-state index < -0.39 is 0 Å². The monoisotopic (exact) mass is 643 g/mol. The van der Waals surface area contributed by atoms with E-state index in [2.05, 4.69) is 29.2 Å². The SMILES string of the molecule is COc1ccc(C(CC(=O)c2cccc(CN(C)c3ccc(C(CC(=O)c4ccccc4)SCCO)cc3)c2)SCCO)cc1. The Bertz CT molecular complexity index is 1500. The maximum Gasteiger partial charge on any atom is 0.164 e. The van der Waals surface area contributed by atoms with Gasteiger partial charge in [0.05, 0.1) is 20.3 Å². The smallest absolute Gasteiger partial charge is 0.164 e. The van der Waals surface area contributed by atoms with Gasteiger partial charge in [0.15, 0.2) is 11.6 Å². The highest BCUT2D eigenvalue weighted by Gasteiger charge is 2.20. The molecule has 8 heteroatoms. The van der Waals surface area contributed by atoms with Crippen molar-refractivity contribution >= 4 is 40.8 Å². The van der Waals surface area contributed by atoms with E-state index in [0.29, 0.717) is 42.0 Å². The number of rotatable bonds is 18. The van der Waals surface area contributed by atoms with Crippen molar-refractivity contribution in [3.63, 3.8) is 0 Å². The first kappa shape index (κ1) is 34.3. The second-order valence-electron chi connectivity index (χ2n) is 10.7. The Kier molecular flexibility index (Phi) is 13.6. The van der Waals surface area contributed by atoms with Gasteiger partial charge >= 0.3 is 0 Å². The number of nitrogens with zero attached hydrogens (tertiary/aromatic N) is 1. The van der Waals surface area contributed by atoms with Crippen molar-refractivity contribution in [2.45, 2.75) is 29.9 Å². The molecular weight excluding hydrogens is 603 g/mol. The van der Waals surface area contributed by atoms with Crippen molar-refractivity contribution in [1.82, 2.24) is 0 Å². The second kappa shape index (κ2) is 17.8. The second-order valence-corrected chi connectivity index (χ2v) is 13.3. The molecule has 0 spiro atoms. The Balaban J connectivity index is 1.41. The lowest BCUT2D eigenvalue weighted by Crippen LogP contribution is -2.17. The molecule has 0 heterocycles. The van der Waals surface area contributed by atoms with Gasteiger partial charge in [-0.2, -0.15) is 23.5 Å². The molecule has 6 nitrogen and oxygen atoms in total. The van der Waals surface area contributed by atoms with Crippen molar-refractivity contribution in [1.29, 1.82) is 0 Å². The molecule has 0 aromatic heterocycles. The third kappa shape index (κ3) is 10.2. The van der Waals surface area contributed by atoms with E-state index in [4.69, 9.17) is 4.74 Å². The van der Waals surface area contributed by atoms with Gasteiger partial charge in [0, 0.05) is 65.3 Å². The van der Waals surface area contributed by atoms with E-state index in [1.54, 1.807) is 30.6 Å². The molecule has 4 aromatic rings. The average molecular weight is 644 g/mol. The van der Waals surface area contributed by atoms with Gasteiger partial charge in [-0.1, -0.05) is 72.8 Å². The molecule has 0 bridgehead atoms. The van der Waals surface area contributed by atoms with Crippen LogP contribution in [-0.4, -0.2) is 60.7 Å². The molecule has 0 aliphatic rings. The number of hydrogen-bond acceptors (Lipinski definition) is 8. The number of aliphatic hydroxyl groups is 2. The summed E-state index contributed by atoms with van der Waals surface area (Å²) >= 11 is 3.17. The lowest BCUT2D eigenvalue weighted by molar-refractivity contribution is 0.0974. The predicted molar refractivity (Wildman–Crippen MR) is 187 cm³/mol. The molecule has 0 saturated carbocycles. The van der Waals surface area contributed by atoms with Crippen LogP contribution in [0.15, 0.2) is 103 Å². The Morgan fingerprint density at radius 3 is 1.80 bits per heavy atom. The van der Waals surface area contributed by atoms with Gasteiger partial charge in [-0.05, 0) is 47.0 Å². The number of thioether (sulfide) groups is 2. The van der Waals surface area contributed by atoms with Gasteiger partial charge in [-0.3, -0.25) is 9.59 Å². The number of hydrogen-bond donors (Lipinski definition) is 2. The summed E-state index contributed by atoms with van der Waals surface area (Å²) in [5.41, 5.74) is 5.50. The van der Waals surface area contributed by atoms with Crippen LogP contribution in [0.5, 0.6) is 5.75 Å². The number of benzene rings is 4. The number of carbonyl (C=O) groups excluding carboxylic acids is 2. The molecule has 0 amide bonds. The largest absolute Gasteiger partial charge is 0.497 e. The van der Waals surface area contributed by atoms with Crippen LogP contribution in [0.4, 0.5) is 5.69 Å². The van der Waals surface area contributed by atoms with Crippen LogP contribution in [0.3, 0.4) is 0 Å². The van der Waals surface area contributed by atoms with Crippen LogP contribution in [0.25, 0.3) is 0 Å². The number of Topliss-reactive ketones (excluding diaryl/α,β-unsaturated/α-hetero) is 2. The van der Waals surface area contributed by atoms with E-state index in [9.17, 15) is 19.8 Å². The minimum Gasteiger partial charge on any atom is -0.497 e. The molecule has 236 valence electrons. The number of carbonyl (C=O) groups is 2. The zero-order valence-corrected chi connectivity index (χ0v) is 27.4. The standard InChI is InChI=1S/C37H41NO5S2/c1-38(32-15-11-29(12-16-32)36(44-21-19-39)24-34(41)28-8-4-3-5-9-28)26-27-7-6-10-31(23-27)35(42)25-37(45-22-20-40)30-13-17-33(43-2)18-14-30/h3-18,23,36-37,39-40H,19-22,24-26H2,1-2H3. The molecule has 0 fully saturated rings. The first-order chi connectivity index (χ1) is 21.9. The highest BCUT2D eigenvalue weighted by Crippen LogP contribution is 2.35. The van der Waals surface area contributed by atoms with E-state index in [1.165, 1.54) is 0 Å². The van der Waals surface area contributed by atoms with Crippen molar-refractivity contribution in [3.8, 4) is 5.75 Å². The first-order valence-corrected chi connectivity index (χ1v) is 17.1. The third-order valence-electron chi connectivity index (χ3n) is 7.52. The van der Waals surface area contributed by atoms with Crippen LogP contribution in [0.1, 0.15) is 60.7 Å². The molecule has 45 heavy (non-hydrogen) atoms. The summed E-state index contributed by atoms with van der Waals surface area (Å²) in [6, 6.07) is 33.1. The Labute approximate surface area is 274 Å². The summed E-state index contributed by atoms with van der Waals surface area (Å²) in [6.45, 7) is 0.742. The van der Waals surface area contributed by atoms with E-state index in [-0.39, 0.29) is 35.3 Å². The molecule has 2 unspecified atom stereocenters.